The van der Waals surface area contributed by atoms with Crippen molar-refractivity contribution in [1.82, 2.24) is 39.9 Å². The summed E-state index contributed by atoms with van der Waals surface area (Å²) in [7, 11) is 0. The zero-order valence-electron chi connectivity index (χ0n) is 93.3. The molecule has 140 heavy (non-hydrogen) atoms. The van der Waals surface area contributed by atoms with E-state index in [-0.39, 0.29) is 35.8 Å². The number of nitrogens with zero attached hydrogens (tertiary/aromatic N) is 8. The van der Waals surface area contributed by atoms with E-state index in [9.17, 15) is 17.6 Å². The highest BCUT2D eigenvalue weighted by Crippen LogP contribution is 2.28. The molecule has 1 saturated carbocycles. The van der Waals surface area contributed by atoms with Crippen molar-refractivity contribution in [3.05, 3.63) is 307 Å². The number of benzene rings is 3. The summed E-state index contributed by atoms with van der Waals surface area (Å²) < 4.78 is 81.6. The summed E-state index contributed by atoms with van der Waals surface area (Å²) in [4.78, 5) is 31.6. The highest BCUT2D eigenvalue weighted by atomic mass is 19.1. The van der Waals surface area contributed by atoms with Crippen molar-refractivity contribution < 1.29 is 46.0 Å². The van der Waals surface area contributed by atoms with Gasteiger partial charge in [-0.05, 0) is 383 Å². The van der Waals surface area contributed by atoms with Crippen LogP contribution in [-0.4, -0.2) is 104 Å². The van der Waals surface area contributed by atoms with Crippen LogP contribution in [0, 0.1) is 207 Å². The first-order chi connectivity index (χ1) is 66.0. The number of halogens is 4. The third kappa shape index (κ3) is 70.7. The molecule has 4 saturated heterocycles. The second-order valence-electron chi connectivity index (χ2n) is 40.9. The summed E-state index contributed by atoms with van der Waals surface area (Å²) in [5, 5.41) is 0. The first-order valence-electron chi connectivity index (χ1n) is 51.7. The van der Waals surface area contributed by atoms with Gasteiger partial charge >= 0.3 is 0 Å². The molecule has 18 heteroatoms. The Kier molecular flexibility index (Phi) is 70.0. The number of hydrogen-bond donors (Lipinski definition) is 0. The largest absolute Gasteiger partial charge is 0.378 e. The zero-order valence-corrected chi connectivity index (χ0v) is 93.3. The zero-order chi connectivity index (χ0) is 105. The highest BCUT2D eigenvalue weighted by Gasteiger charge is 2.18. The van der Waals surface area contributed by atoms with Crippen molar-refractivity contribution in [2.24, 2.45) is 59.2 Å². The lowest BCUT2D eigenvalue weighted by Crippen LogP contribution is -2.27. The van der Waals surface area contributed by atoms with Crippen molar-refractivity contribution >= 4 is 0 Å². The van der Waals surface area contributed by atoms with Crippen molar-refractivity contribution in [3.63, 3.8) is 0 Å². The lowest BCUT2D eigenvalue weighted by atomic mass is 9.84. The van der Waals surface area contributed by atoms with Crippen LogP contribution in [0.25, 0.3) is 0 Å². The fraction of sp³-hybridized carbons (Fsp3) is 0.574. The van der Waals surface area contributed by atoms with Crippen LogP contribution in [0.5, 0.6) is 0 Å². The average Bonchev–Trinajstić information content (AvgIpc) is 0.907. The van der Waals surface area contributed by atoms with Crippen LogP contribution < -0.4 is 0 Å². The molecule has 0 N–H and O–H groups in total. The topological polar surface area (TPSA) is 158 Å². The summed E-state index contributed by atoms with van der Waals surface area (Å²) in [5.74, 6) is 9.32. The van der Waals surface area contributed by atoms with E-state index in [1.54, 1.807) is 63.4 Å². The van der Waals surface area contributed by atoms with Gasteiger partial charge in [0.1, 0.15) is 34.9 Å². The smallest absolute Gasteiger partial charge is 0.154 e. The quantitative estimate of drug-likeness (QED) is 0.104. The second-order valence-corrected chi connectivity index (χ2v) is 40.9. The summed E-state index contributed by atoms with van der Waals surface area (Å²) in [6.07, 6.45) is 46.7. The maximum Gasteiger partial charge on any atom is 0.154 e. The molecule has 780 valence electrons. The third-order valence-electron chi connectivity index (χ3n) is 24.0. The van der Waals surface area contributed by atoms with Crippen molar-refractivity contribution in [2.75, 3.05) is 39.6 Å². The molecule has 0 spiro atoms. The molecule has 8 unspecified atom stereocenters. The van der Waals surface area contributed by atoms with Gasteiger partial charge in [0, 0.05) is 86.0 Å². The first-order valence-corrected chi connectivity index (χ1v) is 51.7. The van der Waals surface area contributed by atoms with Gasteiger partial charge in [-0.3, -0.25) is 19.9 Å². The van der Waals surface area contributed by atoms with Crippen LogP contribution in [0.15, 0.2) is 182 Å². The molecule has 17 rings (SSSR count). The van der Waals surface area contributed by atoms with Crippen LogP contribution in [-0.2, 0) is 28.4 Å². The number of pyridine rings is 4. The summed E-state index contributed by atoms with van der Waals surface area (Å²) in [6, 6.07) is 30.0. The number of hydrogen-bond acceptors (Lipinski definition) is 14. The fourth-order valence-corrected chi connectivity index (χ4v) is 13.4. The predicted octanol–water partition coefficient (Wildman–Crippen LogP) is 33.1. The second kappa shape index (κ2) is 75.8. The molecule has 8 atom stereocenters. The van der Waals surface area contributed by atoms with Crippen LogP contribution >= 0.6 is 0 Å². The van der Waals surface area contributed by atoms with E-state index in [0.717, 1.165) is 143 Å². The molecule has 9 aromatic rings. The molecule has 3 aromatic carbocycles. The third-order valence-corrected chi connectivity index (χ3v) is 24.0. The number of allylic oxidation sites excluding steroid dienone is 6. The van der Waals surface area contributed by atoms with Gasteiger partial charge in [0.25, 0.3) is 0 Å². The Morgan fingerprint density at radius 1 is 0.236 bits per heavy atom. The van der Waals surface area contributed by atoms with Gasteiger partial charge < -0.3 is 28.4 Å². The summed E-state index contributed by atoms with van der Waals surface area (Å²) in [6.45, 7) is 74.7. The molecule has 10 heterocycles. The number of ether oxygens (including phenoxy) is 6. The van der Waals surface area contributed by atoms with E-state index in [1.165, 1.54) is 149 Å². The van der Waals surface area contributed by atoms with Gasteiger partial charge in [-0.25, -0.2) is 37.5 Å². The minimum absolute atomic E-state index is 0.0196. The summed E-state index contributed by atoms with van der Waals surface area (Å²) >= 11 is 0. The van der Waals surface area contributed by atoms with Crippen LogP contribution in [0.4, 0.5) is 17.6 Å². The monoisotopic (exact) mass is 1940 g/mol. The molecule has 8 aliphatic rings. The van der Waals surface area contributed by atoms with Gasteiger partial charge in [-0.2, -0.15) is 0 Å². The standard InChI is InChI=1S/2C8H9F.C8H16.3C8H14.C8H10.2C7H8FN.2C7H9N.2C7H14O.2C6H8N2.2C6H12O2/c2*1-6-3-4-7(2)8(9)5-6;5*1-7-3-5-8(2)6-4-7;2*1-5-3-7(8)6(2)9-4-5;4*1-6-3-4-7(2)8-5-6;4*1-5-3-7-6(2)8-4-5/h2*3-5H,1-2H3;7-8H,3-6H2,1-2H3;2*3,8H,4-6H2,1-2H3;3,5,7-8H,4,6H2,1-2H3;3-6H,1-2H3;2*3-4H,1-2H3;2*3-5H,1-2H3;2*6-7H,3-5H2,1-2H3;2*3-4H,1-2H3;2*5-6H,3-4H2,1-2H3. The number of aryl methyl sites for hydroxylation is 18. The van der Waals surface area contributed by atoms with Gasteiger partial charge in [0.2, 0.25) is 0 Å². The van der Waals surface area contributed by atoms with Crippen molar-refractivity contribution in [1.29, 1.82) is 0 Å². The molecular weight excluding hydrogens is 1750 g/mol. The number of aromatic nitrogens is 8. The molecule has 14 nitrogen and oxygen atoms in total. The van der Waals surface area contributed by atoms with E-state index < -0.39 is 0 Å². The minimum atomic E-state index is -0.227. The predicted molar refractivity (Wildman–Crippen MR) is 581 cm³/mol. The van der Waals surface area contributed by atoms with Gasteiger partial charge in [-0.15, -0.1) is 0 Å². The lowest BCUT2D eigenvalue weighted by molar-refractivity contribution is -0.187. The van der Waals surface area contributed by atoms with Gasteiger partial charge in [0.15, 0.2) is 12.6 Å². The van der Waals surface area contributed by atoms with E-state index in [1.807, 2.05) is 158 Å². The maximum absolute atomic E-state index is 12.6. The molecule has 5 fully saturated rings. The Labute approximate surface area is 849 Å². The van der Waals surface area contributed by atoms with E-state index >= 15 is 0 Å². The Morgan fingerprint density at radius 3 is 0.714 bits per heavy atom. The molecule has 4 aliphatic carbocycles. The average molecular weight is 1940 g/mol. The highest BCUT2D eigenvalue weighted by molar-refractivity contribution is 5.24. The Morgan fingerprint density at radius 2 is 0.507 bits per heavy atom. The van der Waals surface area contributed by atoms with Gasteiger partial charge in [-0.1, -0.05) is 202 Å². The molecule has 6 aromatic heterocycles. The maximum atomic E-state index is 12.6. The Bertz CT molecular complexity index is 3960. The SMILES string of the molecule is CC1=CCC(C)CC1.CC1=CCC(C)CC1.CC1C=CC(C)CC1.CC1CCC(C)CC1.CC1CCC(C)OC1.CC1CCC(C)OC1.CC1COC(C)OC1.CC1COC(C)OC1.Cc1ccc(C)c(F)c1.Cc1ccc(C)c(F)c1.Cc1ccc(C)cc1.Cc1ccc(C)nc1.Cc1ccc(C)nc1.Cc1cnc(C)c(F)c1.Cc1cnc(C)c(F)c1.Cc1cnc(C)nc1.Cc1cnc(C)nc1. The molecule has 4 aliphatic heterocycles. The first kappa shape index (κ1) is 129. The minimum Gasteiger partial charge on any atom is -0.378 e. The van der Waals surface area contributed by atoms with E-state index in [2.05, 4.69) is 211 Å². The fourth-order valence-electron chi connectivity index (χ4n) is 13.4. The molecule has 0 radical (unpaired) electrons. The van der Waals surface area contributed by atoms with Crippen molar-refractivity contribution in [3.8, 4) is 0 Å². The molecule has 0 amide bonds. The number of rotatable bonds is 0. The van der Waals surface area contributed by atoms with E-state index in [4.69, 9.17) is 28.4 Å². The lowest BCUT2D eigenvalue weighted by Gasteiger charge is -2.24. The summed E-state index contributed by atoms with van der Waals surface area (Å²) in [5.41, 5.74) is 18.6. The van der Waals surface area contributed by atoms with Crippen molar-refractivity contribution in [2.45, 2.75) is 363 Å². The van der Waals surface area contributed by atoms with Gasteiger partial charge in [0.05, 0.1) is 50.0 Å². The Hall–Kier alpha value is -8.88. The van der Waals surface area contributed by atoms with Crippen LogP contribution in [0.3, 0.4) is 0 Å². The normalized spacial score (nSPS) is 22.0. The Balaban J connectivity index is 0.000000744. The van der Waals surface area contributed by atoms with Crippen LogP contribution in [0.1, 0.15) is 315 Å². The van der Waals surface area contributed by atoms with E-state index in [0.29, 0.717) is 46.6 Å². The molecular formula is C122H188F4N8O6. The van der Waals surface area contributed by atoms with Crippen LogP contribution in [0.2, 0.25) is 0 Å². The molecule has 0 bridgehead atoms.